The lowest BCUT2D eigenvalue weighted by molar-refractivity contribution is -0.0239. The van der Waals surface area contributed by atoms with Gasteiger partial charge in [0.1, 0.15) is 0 Å². The van der Waals surface area contributed by atoms with Gasteiger partial charge >= 0.3 is 0 Å². The normalized spacial score (nSPS) is 45.8. The molecule has 0 spiro atoms. The minimum atomic E-state index is 0.410. The van der Waals surface area contributed by atoms with Gasteiger partial charge in [0, 0.05) is 10.9 Å². The van der Waals surface area contributed by atoms with Crippen LogP contribution in [0.1, 0.15) is 38.5 Å². The van der Waals surface area contributed by atoms with E-state index in [1.807, 2.05) is 0 Å². The van der Waals surface area contributed by atoms with E-state index in [0.29, 0.717) is 5.41 Å². The molecule has 4 fully saturated rings. The first-order valence-electron chi connectivity index (χ1n) is 6.41. The minimum absolute atomic E-state index is 0.410. The van der Waals surface area contributed by atoms with Crippen LogP contribution in [0.3, 0.4) is 0 Å². The maximum atomic E-state index is 9.08. The fraction of sp³-hybridized carbons (Fsp3) is 0.786. The summed E-state index contributed by atoms with van der Waals surface area (Å²) in [5.74, 6) is 2.91. The molecule has 0 aromatic rings. The van der Waals surface area contributed by atoms with Gasteiger partial charge in [-0.25, -0.2) is 0 Å². The highest BCUT2D eigenvalue weighted by Crippen LogP contribution is 2.60. The molecule has 86 valence electrons. The molecular weight excluding hydrogens is 262 g/mol. The van der Waals surface area contributed by atoms with Crippen molar-refractivity contribution in [3.8, 4) is 6.07 Å². The number of nitrogens with zero attached hydrogens (tertiary/aromatic N) is 1. The van der Waals surface area contributed by atoms with Crippen molar-refractivity contribution in [2.24, 2.45) is 23.2 Å². The van der Waals surface area contributed by atoms with E-state index in [1.54, 1.807) is 0 Å². The summed E-state index contributed by atoms with van der Waals surface area (Å²) < 4.78 is 0. The number of nitriles is 1. The average Bonchev–Trinajstić information content (AvgIpc) is 2.24. The molecular formula is C14H18BrN. The summed E-state index contributed by atoms with van der Waals surface area (Å²) in [6.07, 6.45) is 10.8. The van der Waals surface area contributed by atoms with Gasteiger partial charge in [0.25, 0.3) is 0 Å². The van der Waals surface area contributed by atoms with Crippen molar-refractivity contribution in [3.63, 3.8) is 0 Å². The van der Waals surface area contributed by atoms with E-state index < -0.39 is 0 Å². The van der Waals surface area contributed by atoms with Gasteiger partial charge in [-0.15, -0.1) is 0 Å². The Hall–Kier alpha value is -0.290. The van der Waals surface area contributed by atoms with E-state index in [0.717, 1.165) is 28.7 Å². The van der Waals surface area contributed by atoms with Crippen LogP contribution >= 0.6 is 15.9 Å². The molecule has 0 radical (unpaired) electrons. The van der Waals surface area contributed by atoms with Crippen molar-refractivity contribution < 1.29 is 0 Å². The molecule has 4 aliphatic carbocycles. The first-order chi connectivity index (χ1) is 7.73. The van der Waals surface area contributed by atoms with Crippen LogP contribution in [0.4, 0.5) is 0 Å². The smallest absolute Gasteiger partial charge is 0.0952 e. The predicted octanol–water partition coefficient (Wildman–Crippen LogP) is 4.05. The van der Waals surface area contributed by atoms with Crippen molar-refractivity contribution >= 4 is 15.9 Å². The van der Waals surface area contributed by atoms with Gasteiger partial charge in [0.2, 0.25) is 0 Å². The Labute approximate surface area is 106 Å². The van der Waals surface area contributed by atoms with Gasteiger partial charge in [0.05, 0.1) is 6.07 Å². The molecule has 0 N–H and O–H groups in total. The summed E-state index contributed by atoms with van der Waals surface area (Å²) in [5.41, 5.74) is 1.36. The highest BCUT2D eigenvalue weighted by Gasteiger charge is 2.49. The van der Waals surface area contributed by atoms with Crippen LogP contribution < -0.4 is 0 Å². The molecule has 0 aromatic heterocycles. The molecule has 0 atom stereocenters. The number of hydrogen-bond acceptors (Lipinski definition) is 1. The van der Waals surface area contributed by atoms with E-state index in [9.17, 15) is 0 Å². The highest BCUT2D eigenvalue weighted by atomic mass is 79.9. The zero-order valence-corrected chi connectivity index (χ0v) is 11.2. The summed E-state index contributed by atoms with van der Waals surface area (Å²) in [7, 11) is 0. The molecule has 0 aromatic carbocycles. The van der Waals surface area contributed by atoms with Crippen LogP contribution in [-0.4, -0.2) is 5.33 Å². The monoisotopic (exact) mass is 279 g/mol. The first-order valence-corrected chi connectivity index (χ1v) is 7.53. The molecule has 4 saturated carbocycles. The Morgan fingerprint density at radius 3 is 2.06 bits per heavy atom. The minimum Gasteiger partial charge on any atom is -0.193 e. The Kier molecular flexibility index (Phi) is 2.63. The molecule has 0 aliphatic heterocycles. The van der Waals surface area contributed by atoms with E-state index >= 15 is 0 Å². The van der Waals surface area contributed by atoms with Gasteiger partial charge < -0.3 is 0 Å². The third kappa shape index (κ3) is 1.74. The molecule has 4 aliphatic rings. The fourth-order valence-corrected chi connectivity index (χ4v) is 5.11. The SMILES string of the molecule is N#C/C(=C\C12CC3CC(CC(C3)C1)C2)CBr. The summed E-state index contributed by atoms with van der Waals surface area (Å²) in [6.45, 7) is 0. The lowest BCUT2D eigenvalue weighted by atomic mass is 9.49. The number of rotatable bonds is 2. The van der Waals surface area contributed by atoms with Crippen LogP contribution in [0.2, 0.25) is 0 Å². The largest absolute Gasteiger partial charge is 0.193 e. The van der Waals surface area contributed by atoms with Gasteiger partial charge in [-0.05, 0) is 61.7 Å². The third-order valence-corrected chi connectivity index (χ3v) is 5.46. The zero-order chi connectivity index (χ0) is 11.2. The fourth-order valence-electron chi connectivity index (χ4n) is 4.82. The molecule has 0 heterocycles. The lowest BCUT2D eigenvalue weighted by Crippen LogP contribution is -2.45. The second-order valence-electron chi connectivity index (χ2n) is 6.19. The number of halogens is 1. The Balaban J connectivity index is 1.89. The molecule has 4 rings (SSSR count). The average molecular weight is 280 g/mol. The quantitative estimate of drug-likeness (QED) is 0.553. The molecule has 4 bridgehead atoms. The van der Waals surface area contributed by atoms with Gasteiger partial charge in [-0.3, -0.25) is 0 Å². The second kappa shape index (κ2) is 3.88. The number of allylic oxidation sites excluding steroid dienone is 2. The first kappa shape index (κ1) is 10.8. The molecule has 0 saturated heterocycles. The van der Waals surface area contributed by atoms with E-state index in [2.05, 4.69) is 28.1 Å². The summed E-state index contributed by atoms with van der Waals surface area (Å²) in [5, 5.41) is 9.81. The van der Waals surface area contributed by atoms with Crippen LogP contribution in [-0.2, 0) is 0 Å². The maximum Gasteiger partial charge on any atom is 0.0952 e. The van der Waals surface area contributed by atoms with Crippen LogP contribution in [0, 0.1) is 34.5 Å². The van der Waals surface area contributed by atoms with Crippen molar-refractivity contribution in [3.05, 3.63) is 11.6 Å². The third-order valence-electron chi connectivity index (χ3n) is 4.85. The van der Waals surface area contributed by atoms with E-state index in [4.69, 9.17) is 5.26 Å². The van der Waals surface area contributed by atoms with Gasteiger partial charge in [-0.1, -0.05) is 22.0 Å². The Morgan fingerprint density at radius 2 is 1.69 bits per heavy atom. The number of alkyl halides is 1. The van der Waals surface area contributed by atoms with Gasteiger partial charge in [0.15, 0.2) is 0 Å². The maximum absolute atomic E-state index is 9.08. The molecule has 1 nitrogen and oxygen atoms in total. The van der Waals surface area contributed by atoms with Crippen molar-refractivity contribution in [1.82, 2.24) is 0 Å². The van der Waals surface area contributed by atoms with E-state index in [1.165, 1.54) is 38.5 Å². The topological polar surface area (TPSA) is 23.8 Å². The summed E-state index contributed by atoms with van der Waals surface area (Å²) >= 11 is 3.42. The summed E-state index contributed by atoms with van der Waals surface area (Å²) in [6, 6.07) is 2.34. The van der Waals surface area contributed by atoms with Crippen LogP contribution in [0.5, 0.6) is 0 Å². The van der Waals surface area contributed by atoms with Gasteiger partial charge in [-0.2, -0.15) is 5.26 Å². The Bertz CT molecular complexity index is 328. The predicted molar refractivity (Wildman–Crippen MR) is 68.1 cm³/mol. The molecule has 0 unspecified atom stereocenters. The molecule has 2 heteroatoms. The van der Waals surface area contributed by atoms with E-state index in [-0.39, 0.29) is 0 Å². The second-order valence-corrected chi connectivity index (χ2v) is 6.76. The Morgan fingerprint density at radius 1 is 1.19 bits per heavy atom. The lowest BCUT2D eigenvalue weighted by Gasteiger charge is -2.56. The molecule has 0 amide bonds. The highest BCUT2D eigenvalue weighted by molar-refractivity contribution is 9.09. The zero-order valence-electron chi connectivity index (χ0n) is 9.58. The number of hydrogen-bond donors (Lipinski definition) is 0. The standard InChI is InChI=1S/C14H18BrN/c15-8-13(9-16)7-14-4-10-1-11(5-14)3-12(2-10)6-14/h7,10-12H,1-6,8H2/b13-7-. The van der Waals surface area contributed by atoms with Crippen molar-refractivity contribution in [2.45, 2.75) is 38.5 Å². The van der Waals surface area contributed by atoms with Crippen molar-refractivity contribution in [1.29, 1.82) is 5.26 Å². The van der Waals surface area contributed by atoms with Crippen LogP contribution in [0.15, 0.2) is 11.6 Å². The summed E-state index contributed by atoms with van der Waals surface area (Å²) in [4.78, 5) is 0. The van der Waals surface area contributed by atoms with Crippen LogP contribution in [0.25, 0.3) is 0 Å². The molecule has 16 heavy (non-hydrogen) atoms. The van der Waals surface area contributed by atoms with Crippen molar-refractivity contribution in [2.75, 3.05) is 5.33 Å².